The number of aromatic nitrogens is 4. The lowest BCUT2D eigenvalue weighted by atomic mass is 9.98. The minimum Gasteiger partial charge on any atom is -0.356 e. The van der Waals surface area contributed by atoms with E-state index in [1.165, 1.54) is 0 Å². The third kappa shape index (κ3) is 4.51. The molecular weight excluding hydrogens is 292 g/mol. The Balaban J connectivity index is 1.42. The first kappa shape index (κ1) is 15.5. The van der Waals surface area contributed by atoms with Crippen LogP contribution in [0.2, 0.25) is 0 Å². The fourth-order valence-corrected chi connectivity index (χ4v) is 2.89. The van der Waals surface area contributed by atoms with Crippen LogP contribution in [-0.4, -0.2) is 45.3 Å². The zero-order chi connectivity index (χ0) is 15.9. The topological polar surface area (TPSA) is 75.9 Å². The first-order valence-corrected chi connectivity index (χ1v) is 8.06. The van der Waals surface area contributed by atoms with Crippen LogP contribution in [0.4, 0.5) is 5.82 Å². The Labute approximate surface area is 135 Å². The second-order valence-corrected chi connectivity index (χ2v) is 5.84. The first-order chi connectivity index (χ1) is 11.3. The van der Waals surface area contributed by atoms with Gasteiger partial charge < -0.3 is 10.2 Å². The predicted molar refractivity (Wildman–Crippen MR) is 86.8 cm³/mol. The number of aryl methyl sites for hydroxylation is 1. The summed E-state index contributed by atoms with van der Waals surface area (Å²) in [5.74, 6) is 1.46. The molecule has 1 saturated heterocycles. The molecule has 1 fully saturated rings. The normalized spacial score (nSPS) is 17.9. The van der Waals surface area contributed by atoms with Gasteiger partial charge in [-0.2, -0.15) is 5.10 Å². The van der Waals surface area contributed by atoms with E-state index in [2.05, 4.69) is 25.3 Å². The van der Waals surface area contributed by atoms with Crippen molar-refractivity contribution in [1.82, 2.24) is 25.1 Å². The van der Waals surface area contributed by atoms with E-state index in [1.54, 1.807) is 29.5 Å². The van der Waals surface area contributed by atoms with Crippen LogP contribution in [0.1, 0.15) is 19.3 Å². The molecule has 122 valence electrons. The second-order valence-electron chi connectivity index (χ2n) is 5.84. The lowest BCUT2D eigenvalue weighted by Crippen LogP contribution is -2.41. The van der Waals surface area contributed by atoms with Crippen LogP contribution in [-0.2, 0) is 11.3 Å². The molecule has 7 nitrogen and oxygen atoms in total. The Morgan fingerprint density at radius 1 is 1.35 bits per heavy atom. The third-order valence-corrected chi connectivity index (χ3v) is 4.11. The fraction of sp³-hybridized carbons (Fsp3) is 0.500. The lowest BCUT2D eigenvalue weighted by Gasteiger charge is -2.33. The van der Waals surface area contributed by atoms with Crippen LogP contribution in [0.15, 0.2) is 37.1 Å². The van der Waals surface area contributed by atoms with Crippen LogP contribution < -0.4 is 10.2 Å². The molecule has 1 N–H and O–H groups in total. The summed E-state index contributed by atoms with van der Waals surface area (Å²) >= 11 is 0. The number of amides is 1. The van der Waals surface area contributed by atoms with Gasteiger partial charge in [-0.3, -0.25) is 14.5 Å². The monoisotopic (exact) mass is 314 g/mol. The van der Waals surface area contributed by atoms with Crippen LogP contribution in [0.5, 0.6) is 0 Å². The smallest absolute Gasteiger partial charge is 0.221 e. The number of carbonyl (C=O) groups is 1. The van der Waals surface area contributed by atoms with Gasteiger partial charge in [-0.15, -0.1) is 0 Å². The summed E-state index contributed by atoms with van der Waals surface area (Å²) in [7, 11) is 0. The van der Waals surface area contributed by atoms with Gasteiger partial charge in [-0.1, -0.05) is 0 Å². The molecule has 3 rings (SSSR count). The van der Waals surface area contributed by atoms with E-state index >= 15 is 0 Å². The molecule has 2 aromatic heterocycles. The van der Waals surface area contributed by atoms with Crippen LogP contribution in [0.25, 0.3) is 0 Å². The van der Waals surface area contributed by atoms with Crippen molar-refractivity contribution in [3.63, 3.8) is 0 Å². The quantitative estimate of drug-likeness (QED) is 0.864. The Morgan fingerprint density at radius 3 is 3.09 bits per heavy atom. The molecule has 0 aromatic carbocycles. The van der Waals surface area contributed by atoms with Gasteiger partial charge in [0.15, 0.2) is 0 Å². The highest BCUT2D eigenvalue weighted by atomic mass is 16.1. The predicted octanol–water partition coefficient (Wildman–Crippen LogP) is 1.10. The number of nitrogens with one attached hydrogen (secondary N) is 1. The van der Waals surface area contributed by atoms with Crippen molar-refractivity contribution < 1.29 is 4.79 Å². The number of hydrogen-bond acceptors (Lipinski definition) is 5. The maximum atomic E-state index is 11.9. The molecule has 0 saturated carbocycles. The molecule has 1 atom stereocenters. The molecule has 1 aliphatic heterocycles. The molecule has 7 heteroatoms. The van der Waals surface area contributed by atoms with Crippen LogP contribution in [0, 0.1) is 5.92 Å². The van der Waals surface area contributed by atoms with Gasteiger partial charge in [0.25, 0.3) is 0 Å². The molecule has 23 heavy (non-hydrogen) atoms. The molecule has 1 amide bonds. The van der Waals surface area contributed by atoms with Gasteiger partial charge in [0, 0.05) is 57.4 Å². The van der Waals surface area contributed by atoms with Crippen molar-refractivity contribution in [2.75, 3.05) is 24.5 Å². The Bertz CT molecular complexity index is 600. The van der Waals surface area contributed by atoms with Crippen molar-refractivity contribution in [1.29, 1.82) is 0 Å². The highest BCUT2D eigenvalue weighted by molar-refractivity contribution is 5.75. The maximum absolute atomic E-state index is 11.9. The van der Waals surface area contributed by atoms with E-state index < -0.39 is 0 Å². The molecular formula is C16H22N6O. The molecule has 2 aromatic rings. The fourth-order valence-electron chi connectivity index (χ4n) is 2.89. The zero-order valence-corrected chi connectivity index (χ0v) is 13.1. The van der Waals surface area contributed by atoms with E-state index in [1.807, 2.05) is 12.3 Å². The van der Waals surface area contributed by atoms with Crippen molar-refractivity contribution in [3.8, 4) is 0 Å². The standard InChI is InChI=1S/C16H22N6O/c23-16(4-10-22-9-2-5-20-22)19-11-14-3-1-8-21(13-14)15-12-17-6-7-18-15/h2,5-7,9,12,14H,1,3-4,8,10-11,13H2,(H,19,23). The second kappa shape index (κ2) is 7.71. The number of rotatable bonds is 6. The van der Waals surface area contributed by atoms with Crippen molar-refractivity contribution in [2.45, 2.75) is 25.8 Å². The average molecular weight is 314 g/mol. The number of hydrogen-bond donors (Lipinski definition) is 1. The summed E-state index contributed by atoms with van der Waals surface area (Å²) in [6, 6.07) is 1.86. The zero-order valence-electron chi connectivity index (χ0n) is 13.1. The summed E-state index contributed by atoms with van der Waals surface area (Å²) in [6.07, 6.45) is 11.5. The summed E-state index contributed by atoms with van der Waals surface area (Å²) in [5, 5.41) is 7.14. The number of anilines is 1. The minimum atomic E-state index is 0.0807. The molecule has 0 aliphatic carbocycles. The highest BCUT2D eigenvalue weighted by Gasteiger charge is 2.21. The van der Waals surface area contributed by atoms with Gasteiger partial charge in [0.1, 0.15) is 5.82 Å². The van der Waals surface area contributed by atoms with Gasteiger partial charge >= 0.3 is 0 Å². The number of piperidine rings is 1. The highest BCUT2D eigenvalue weighted by Crippen LogP contribution is 2.20. The molecule has 1 unspecified atom stereocenters. The van der Waals surface area contributed by atoms with Crippen molar-refractivity contribution in [2.24, 2.45) is 5.92 Å². The minimum absolute atomic E-state index is 0.0807. The van der Waals surface area contributed by atoms with Crippen molar-refractivity contribution in [3.05, 3.63) is 37.1 Å². The van der Waals surface area contributed by atoms with E-state index in [9.17, 15) is 4.79 Å². The molecule has 0 radical (unpaired) electrons. The number of carbonyl (C=O) groups excluding carboxylic acids is 1. The van der Waals surface area contributed by atoms with E-state index in [0.29, 0.717) is 25.4 Å². The van der Waals surface area contributed by atoms with Gasteiger partial charge in [-0.25, -0.2) is 4.98 Å². The van der Waals surface area contributed by atoms with Gasteiger partial charge in [-0.05, 0) is 24.8 Å². The number of nitrogens with zero attached hydrogens (tertiary/aromatic N) is 5. The average Bonchev–Trinajstić information content (AvgIpc) is 3.13. The van der Waals surface area contributed by atoms with Crippen LogP contribution in [0.3, 0.4) is 0 Å². The summed E-state index contributed by atoms with van der Waals surface area (Å²) in [4.78, 5) is 22.7. The third-order valence-electron chi connectivity index (χ3n) is 4.11. The van der Waals surface area contributed by atoms with E-state index in [-0.39, 0.29) is 5.91 Å². The van der Waals surface area contributed by atoms with Gasteiger partial charge in [0.05, 0.1) is 6.20 Å². The SMILES string of the molecule is O=C(CCn1cccn1)NCC1CCCN(c2cnccn2)C1. The molecule has 1 aliphatic rings. The lowest BCUT2D eigenvalue weighted by molar-refractivity contribution is -0.121. The maximum Gasteiger partial charge on any atom is 0.221 e. The molecule has 3 heterocycles. The summed E-state index contributed by atoms with van der Waals surface area (Å²) < 4.78 is 1.77. The van der Waals surface area contributed by atoms with Gasteiger partial charge in [0.2, 0.25) is 5.91 Å². The summed E-state index contributed by atoms with van der Waals surface area (Å²) in [5.41, 5.74) is 0. The Morgan fingerprint density at radius 2 is 2.30 bits per heavy atom. The summed E-state index contributed by atoms with van der Waals surface area (Å²) in [6.45, 7) is 3.25. The first-order valence-electron chi connectivity index (χ1n) is 8.06. The molecule has 0 bridgehead atoms. The van der Waals surface area contributed by atoms with E-state index in [4.69, 9.17) is 0 Å². The largest absolute Gasteiger partial charge is 0.356 e. The van der Waals surface area contributed by atoms with Crippen LogP contribution >= 0.6 is 0 Å². The van der Waals surface area contributed by atoms with E-state index in [0.717, 1.165) is 31.7 Å². The molecule has 0 spiro atoms. The Kier molecular flexibility index (Phi) is 5.18. The Hall–Kier alpha value is -2.44. The van der Waals surface area contributed by atoms with Crippen molar-refractivity contribution >= 4 is 11.7 Å².